The van der Waals surface area contributed by atoms with Crippen LogP contribution < -0.4 is 5.32 Å². The number of alkyl halides is 3. The summed E-state index contributed by atoms with van der Waals surface area (Å²) in [4.78, 5) is 11.0. The van der Waals surface area contributed by atoms with Gasteiger partial charge in [-0.25, -0.2) is 17.2 Å². The summed E-state index contributed by atoms with van der Waals surface area (Å²) in [5, 5.41) is 3.66. The van der Waals surface area contributed by atoms with Gasteiger partial charge in [0.2, 0.25) is 0 Å². The van der Waals surface area contributed by atoms with E-state index in [2.05, 4.69) is 10.1 Å². The molecule has 6 nitrogen and oxygen atoms in total. The van der Waals surface area contributed by atoms with Crippen LogP contribution in [0.1, 0.15) is 12.5 Å². The summed E-state index contributed by atoms with van der Waals surface area (Å²) in [6.07, 6.45) is -3.57. The number of rotatable bonds is 7. The molecule has 30 heavy (non-hydrogen) atoms. The number of aromatic nitrogens is 1. The summed E-state index contributed by atoms with van der Waals surface area (Å²) >= 11 is 0. The van der Waals surface area contributed by atoms with Crippen LogP contribution in [-0.2, 0) is 26.1 Å². The number of halogens is 3. The summed E-state index contributed by atoms with van der Waals surface area (Å²) in [5.74, 6) is -2.23. The smallest absolute Gasteiger partial charge is 0.457 e. The third-order valence-electron chi connectivity index (χ3n) is 4.42. The standard InChI is InChI=1S/C20H19F3N2O4S/c1-14(13-29-19(26)20(21,22)23)24-12-15-6-5-9-18-17(15)10-11-25(18)30(27,28)16-7-3-2-4-8-16/h2-11,14,24H,12-13H2,1H3. The molecule has 2 aromatic carbocycles. The molecular formula is C20H19F3N2O4S. The van der Waals surface area contributed by atoms with Gasteiger partial charge in [-0.05, 0) is 36.8 Å². The lowest BCUT2D eigenvalue weighted by Crippen LogP contribution is -2.34. The van der Waals surface area contributed by atoms with Gasteiger partial charge in [0.15, 0.2) is 0 Å². The predicted octanol–water partition coefficient (Wildman–Crippen LogP) is 3.46. The van der Waals surface area contributed by atoms with Gasteiger partial charge in [0.05, 0.1) is 10.4 Å². The average molecular weight is 440 g/mol. The van der Waals surface area contributed by atoms with Crippen molar-refractivity contribution in [3.05, 3.63) is 66.4 Å². The first-order valence-electron chi connectivity index (χ1n) is 8.97. The van der Waals surface area contributed by atoms with Crippen LogP contribution in [-0.4, -0.2) is 37.2 Å². The first kappa shape index (κ1) is 21.8. The molecule has 1 N–H and O–H groups in total. The first-order chi connectivity index (χ1) is 14.1. The monoisotopic (exact) mass is 440 g/mol. The summed E-state index contributed by atoms with van der Waals surface area (Å²) in [6, 6.07) is 14.3. The minimum atomic E-state index is -5.03. The number of fused-ring (bicyclic) bond motifs is 1. The van der Waals surface area contributed by atoms with Gasteiger partial charge in [-0.1, -0.05) is 30.3 Å². The van der Waals surface area contributed by atoms with E-state index in [1.807, 2.05) is 0 Å². The van der Waals surface area contributed by atoms with Crippen molar-refractivity contribution < 1.29 is 31.1 Å². The fourth-order valence-corrected chi connectivity index (χ4v) is 4.27. The van der Waals surface area contributed by atoms with Gasteiger partial charge in [0.25, 0.3) is 10.0 Å². The van der Waals surface area contributed by atoms with Crippen LogP contribution in [0.4, 0.5) is 13.2 Å². The zero-order valence-corrected chi connectivity index (χ0v) is 16.7. The number of carbonyl (C=O) groups is 1. The second kappa shape index (κ2) is 8.49. The van der Waals surface area contributed by atoms with E-state index in [0.29, 0.717) is 10.9 Å². The normalized spacial score (nSPS) is 13.3. The average Bonchev–Trinajstić information content (AvgIpc) is 3.16. The highest BCUT2D eigenvalue weighted by molar-refractivity contribution is 7.90. The number of nitrogens with one attached hydrogen (secondary N) is 1. The second-order valence-corrected chi connectivity index (χ2v) is 8.47. The number of hydrogen-bond acceptors (Lipinski definition) is 5. The molecule has 0 saturated heterocycles. The van der Waals surface area contributed by atoms with Crippen LogP contribution in [0.25, 0.3) is 10.9 Å². The molecule has 0 fully saturated rings. The lowest BCUT2D eigenvalue weighted by Gasteiger charge is -2.15. The molecule has 1 unspecified atom stereocenters. The lowest BCUT2D eigenvalue weighted by atomic mass is 10.1. The maximum Gasteiger partial charge on any atom is 0.490 e. The molecule has 0 spiro atoms. The highest BCUT2D eigenvalue weighted by atomic mass is 32.2. The van der Waals surface area contributed by atoms with E-state index in [1.165, 1.54) is 22.3 Å². The van der Waals surface area contributed by atoms with E-state index in [-0.39, 0.29) is 11.4 Å². The highest BCUT2D eigenvalue weighted by Crippen LogP contribution is 2.25. The zero-order valence-electron chi connectivity index (χ0n) is 15.9. The van der Waals surface area contributed by atoms with E-state index >= 15 is 0 Å². The van der Waals surface area contributed by atoms with Gasteiger partial charge in [-0.2, -0.15) is 13.2 Å². The maximum atomic E-state index is 12.9. The zero-order chi connectivity index (χ0) is 21.9. The molecule has 0 bridgehead atoms. The Kier molecular flexibility index (Phi) is 6.18. The highest BCUT2D eigenvalue weighted by Gasteiger charge is 2.41. The summed E-state index contributed by atoms with van der Waals surface area (Å²) < 4.78 is 67.9. The van der Waals surface area contributed by atoms with Crippen LogP contribution in [0, 0.1) is 0 Å². The molecule has 3 rings (SSSR count). The fourth-order valence-electron chi connectivity index (χ4n) is 2.90. The Labute approximate surface area is 171 Å². The molecular weight excluding hydrogens is 421 g/mol. The third kappa shape index (κ3) is 4.65. The van der Waals surface area contributed by atoms with Crippen molar-refractivity contribution in [2.45, 2.75) is 30.6 Å². The molecule has 0 radical (unpaired) electrons. The van der Waals surface area contributed by atoms with E-state index in [4.69, 9.17) is 0 Å². The Morgan fingerprint density at radius 1 is 1.10 bits per heavy atom. The molecule has 0 saturated carbocycles. The molecule has 10 heteroatoms. The molecule has 3 aromatic rings. The van der Waals surface area contributed by atoms with Crippen LogP contribution in [0.2, 0.25) is 0 Å². The van der Waals surface area contributed by atoms with E-state index in [9.17, 15) is 26.4 Å². The number of esters is 1. The van der Waals surface area contributed by atoms with Crippen molar-refractivity contribution in [1.29, 1.82) is 0 Å². The van der Waals surface area contributed by atoms with Gasteiger partial charge in [0, 0.05) is 24.2 Å². The van der Waals surface area contributed by atoms with Crippen molar-refractivity contribution >= 4 is 26.9 Å². The SMILES string of the molecule is CC(COC(=O)C(F)(F)F)NCc1cccc2c1ccn2S(=O)(=O)c1ccccc1. The van der Waals surface area contributed by atoms with Crippen molar-refractivity contribution in [3.8, 4) is 0 Å². The Morgan fingerprint density at radius 2 is 1.80 bits per heavy atom. The molecule has 0 aliphatic rings. The molecule has 160 valence electrons. The minimum absolute atomic E-state index is 0.158. The summed E-state index contributed by atoms with van der Waals surface area (Å²) in [7, 11) is -3.77. The number of nitrogens with zero attached hydrogens (tertiary/aromatic N) is 1. The van der Waals surface area contributed by atoms with Gasteiger partial charge in [0.1, 0.15) is 6.61 Å². The van der Waals surface area contributed by atoms with Crippen LogP contribution in [0.5, 0.6) is 0 Å². The largest absolute Gasteiger partial charge is 0.490 e. The molecule has 0 amide bonds. The summed E-state index contributed by atoms with van der Waals surface area (Å²) in [5.41, 5.74) is 1.23. The van der Waals surface area contributed by atoms with Crippen molar-refractivity contribution in [1.82, 2.24) is 9.29 Å². The predicted molar refractivity (Wildman–Crippen MR) is 104 cm³/mol. The van der Waals surface area contributed by atoms with Crippen molar-refractivity contribution in [3.63, 3.8) is 0 Å². The Hall–Kier alpha value is -2.85. The first-order valence-corrected chi connectivity index (χ1v) is 10.4. The van der Waals surface area contributed by atoms with E-state index < -0.39 is 34.8 Å². The number of carbonyl (C=O) groups excluding carboxylic acids is 1. The fraction of sp³-hybridized carbons (Fsp3) is 0.250. The molecule has 1 aromatic heterocycles. The number of hydrogen-bond donors (Lipinski definition) is 1. The topological polar surface area (TPSA) is 77.4 Å². The number of ether oxygens (including phenoxy) is 1. The molecule has 0 aliphatic heterocycles. The Bertz CT molecular complexity index is 1140. The van der Waals surface area contributed by atoms with Crippen molar-refractivity contribution in [2.75, 3.05) is 6.61 Å². The van der Waals surface area contributed by atoms with Gasteiger partial charge in [-0.15, -0.1) is 0 Å². The molecule has 0 aliphatic carbocycles. The van der Waals surface area contributed by atoms with Crippen molar-refractivity contribution in [2.24, 2.45) is 0 Å². The molecule has 1 heterocycles. The lowest BCUT2D eigenvalue weighted by molar-refractivity contribution is -0.200. The maximum absolute atomic E-state index is 12.9. The number of benzene rings is 2. The van der Waals surface area contributed by atoms with Gasteiger partial charge >= 0.3 is 12.1 Å². The minimum Gasteiger partial charge on any atom is -0.457 e. The second-order valence-electron chi connectivity index (χ2n) is 6.66. The molecule has 1 atom stereocenters. The van der Waals surface area contributed by atoms with Crippen LogP contribution in [0.3, 0.4) is 0 Å². The summed E-state index contributed by atoms with van der Waals surface area (Å²) in [6.45, 7) is 1.38. The Morgan fingerprint density at radius 3 is 2.47 bits per heavy atom. The van der Waals surface area contributed by atoms with Gasteiger partial charge < -0.3 is 10.1 Å². The van der Waals surface area contributed by atoms with E-state index in [0.717, 1.165) is 5.56 Å². The Balaban J connectivity index is 1.75. The van der Waals surface area contributed by atoms with Gasteiger partial charge in [-0.3, -0.25) is 0 Å². The third-order valence-corrected chi connectivity index (χ3v) is 6.13. The van der Waals surface area contributed by atoms with Crippen LogP contribution >= 0.6 is 0 Å². The van der Waals surface area contributed by atoms with Crippen LogP contribution in [0.15, 0.2) is 65.7 Å². The quantitative estimate of drug-likeness (QED) is 0.570. The van der Waals surface area contributed by atoms with E-state index in [1.54, 1.807) is 49.4 Å².